The highest BCUT2D eigenvalue weighted by Crippen LogP contribution is 2.35. The van der Waals surface area contributed by atoms with Crippen LogP contribution in [0.15, 0.2) is 30.3 Å². The number of ether oxygens (including phenoxy) is 2. The predicted octanol–water partition coefficient (Wildman–Crippen LogP) is 3.72. The Morgan fingerprint density at radius 3 is 2.74 bits per heavy atom. The number of benzene rings is 1. The van der Waals surface area contributed by atoms with Crippen LogP contribution in [0.4, 0.5) is 0 Å². The van der Waals surface area contributed by atoms with Gasteiger partial charge in [-0.3, -0.25) is 0 Å². The Kier molecular flexibility index (Phi) is 3.88. The van der Waals surface area contributed by atoms with Crippen LogP contribution >= 0.6 is 11.6 Å². The summed E-state index contributed by atoms with van der Waals surface area (Å²) in [5, 5.41) is 9.41. The maximum Gasteiger partial charge on any atom is 0.262 e. The Morgan fingerprint density at radius 2 is 2.05 bits per heavy atom. The molecular weight excluding hydrogens is 264 g/mol. The van der Waals surface area contributed by atoms with E-state index in [4.69, 9.17) is 26.3 Å². The molecule has 0 radical (unpaired) electrons. The van der Waals surface area contributed by atoms with Crippen LogP contribution < -0.4 is 9.47 Å². The Labute approximate surface area is 116 Å². The van der Waals surface area contributed by atoms with E-state index in [1.54, 1.807) is 24.3 Å². The minimum absolute atomic E-state index is 0.281. The minimum Gasteiger partial charge on any atom is -0.491 e. The third-order valence-corrected chi connectivity index (χ3v) is 2.77. The van der Waals surface area contributed by atoms with Crippen molar-refractivity contribution in [3.8, 4) is 23.4 Å². The number of hydrogen-bond acceptors (Lipinski definition) is 4. The van der Waals surface area contributed by atoms with Crippen LogP contribution in [-0.4, -0.2) is 12.1 Å². The van der Waals surface area contributed by atoms with Gasteiger partial charge < -0.3 is 9.47 Å². The number of hydrogen-bond donors (Lipinski definition) is 0. The molecule has 5 heteroatoms. The molecule has 0 saturated heterocycles. The van der Waals surface area contributed by atoms with E-state index in [0.29, 0.717) is 16.3 Å². The molecule has 0 fully saturated rings. The number of para-hydroxylation sites is 1. The van der Waals surface area contributed by atoms with Gasteiger partial charge in [-0.1, -0.05) is 17.7 Å². The van der Waals surface area contributed by atoms with Crippen LogP contribution in [0.2, 0.25) is 5.02 Å². The average molecular weight is 275 g/mol. The molecule has 0 aliphatic heterocycles. The van der Waals surface area contributed by atoms with Gasteiger partial charge in [-0.2, -0.15) is 5.26 Å². The second-order valence-corrected chi connectivity index (χ2v) is 4.20. The first-order chi connectivity index (χ1) is 9.15. The molecule has 0 aliphatic carbocycles. The maximum atomic E-state index is 9.06. The van der Waals surface area contributed by atoms with Crippen LogP contribution in [-0.2, 0) is 0 Å². The highest BCUT2D eigenvalue weighted by atomic mass is 35.5. The zero-order valence-electron chi connectivity index (χ0n) is 10.5. The van der Waals surface area contributed by atoms with E-state index in [2.05, 4.69) is 4.98 Å². The van der Waals surface area contributed by atoms with Gasteiger partial charge in [-0.05, 0) is 31.2 Å². The number of aromatic nitrogens is 1. The second-order valence-electron chi connectivity index (χ2n) is 3.79. The summed E-state index contributed by atoms with van der Waals surface area (Å²) in [5.74, 6) is 1.05. The Balaban J connectivity index is 2.47. The molecular formula is C14H11ClN2O2. The minimum atomic E-state index is 0.281. The molecule has 2 rings (SSSR count). The molecule has 4 nitrogen and oxygen atoms in total. The number of aryl methyl sites for hydroxylation is 1. The Morgan fingerprint density at radius 1 is 1.26 bits per heavy atom. The number of halogens is 1. The highest BCUT2D eigenvalue weighted by molar-refractivity contribution is 6.32. The molecule has 1 aromatic carbocycles. The van der Waals surface area contributed by atoms with Gasteiger partial charge in [-0.25, -0.2) is 4.98 Å². The number of methoxy groups -OCH3 is 1. The molecule has 1 heterocycles. The lowest BCUT2D eigenvalue weighted by Gasteiger charge is -2.11. The van der Waals surface area contributed by atoms with Crippen LogP contribution in [0.1, 0.15) is 11.3 Å². The number of pyridine rings is 1. The molecule has 0 spiro atoms. The summed E-state index contributed by atoms with van der Waals surface area (Å²) in [6, 6.07) is 10.6. The van der Waals surface area contributed by atoms with Gasteiger partial charge in [0.05, 0.1) is 17.7 Å². The van der Waals surface area contributed by atoms with E-state index in [-0.39, 0.29) is 11.6 Å². The highest BCUT2D eigenvalue weighted by Gasteiger charge is 2.13. The zero-order chi connectivity index (χ0) is 13.8. The first-order valence-corrected chi connectivity index (χ1v) is 5.91. The average Bonchev–Trinajstić information content (AvgIpc) is 2.41. The molecule has 0 N–H and O–H groups in total. The lowest BCUT2D eigenvalue weighted by atomic mass is 10.2. The second kappa shape index (κ2) is 5.59. The molecule has 0 unspecified atom stereocenters. The molecule has 2 aromatic rings. The SMILES string of the molecule is COc1ccc(C)nc1Oc1c(Cl)cccc1C#N. The largest absolute Gasteiger partial charge is 0.491 e. The van der Waals surface area contributed by atoms with E-state index < -0.39 is 0 Å². The predicted molar refractivity (Wildman–Crippen MR) is 71.8 cm³/mol. The van der Waals surface area contributed by atoms with E-state index in [0.717, 1.165) is 5.69 Å². The van der Waals surface area contributed by atoms with Crippen molar-refractivity contribution in [2.75, 3.05) is 7.11 Å². The first kappa shape index (κ1) is 13.2. The molecule has 0 saturated carbocycles. The fourth-order valence-corrected chi connectivity index (χ4v) is 1.76. The normalized spacial score (nSPS) is 9.79. The third kappa shape index (κ3) is 2.78. The molecule has 96 valence electrons. The van der Waals surface area contributed by atoms with Crippen molar-refractivity contribution in [2.24, 2.45) is 0 Å². The van der Waals surface area contributed by atoms with Crippen molar-refractivity contribution in [3.63, 3.8) is 0 Å². The first-order valence-electron chi connectivity index (χ1n) is 5.54. The number of nitrogens with zero attached hydrogens (tertiary/aromatic N) is 2. The third-order valence-electron chi connectivity index (χ3n) is 2.47. The van der Waals surface area contributed by atoms with E-state index in [1.807, 2.05) is 19.1 Å². The van der Waals surface area contributed by atoms with Crippen molar-refractivity contribution >= 4 is 11.6 Å². The molecule has 0 amide bonds. The monoisotopic (exact) mass is 274 g/mol. The standard InChI is InChI=1S/C14H11ClN2O2/c1-9-6-7-12(18-2)14(17-9)19-13-10(8-16)4-3-5-11(13)15/h3-7H,1-2H3. The smallest absolute Gasteiger partial charge is 0.262 e. The van der Waals surface area contributed by atoms with Gasteiger partial charge in [0.25, 0.3) is 5.88 Å². The van der Waals surface area contributed by atoms with Gasteiger partial charge in [0.2, 0.25) is 0 Å². The summed E-state index contributed by atoms with van der Waals surface area (Å²) < 4.78 is 10.8. The fourth-order valence-electron chi connectivity index (χ4n) is 1.55. The van der Waals surface area contributed by atoms with Crippen molar-refractivity contribution in [3.05, 3.63) is 46.6 Å². The summed E-state index contributed by atoms with van der Waals surface area (Å²) in [6.07, 6.45) is 0. The molecule has 1 aromatic heterocycles. The van der Waals surface area contributed by atoms with Gasteiger partial charge in [0.15, 0.2) is 11.5 Å². The summed E-state index contributed by atoms with van der Waals surface area (Å²) in [7, 11) is 1.52. The molecule has 0 bridgehead atoms. The van der Waals surface area contributed by atoms with E-state index >= 15 is 0 Å². The summed E-state index contributed by atoms with van der Waals surface area (Å²) in [5.41, 5.74) is 1.12. The van der Waals surface area contributed by atoms with Crippen molar-refractivity contribution in [1.29, 1.82) is 5.26 Å². The quantitative estimate of drug-likeness (QED) is 0.856. The van der Waals surface area contributed by atoms with Crippen LogP contribution in [0, 0.1) is 18.3 Å². The lowest BCUT2D eigenvalue weighted by Crippen LogP contribution is -1.96. The van der Waals surface area contributed by atoms with Gasteiger partial charge in [-0.15, -0.1) is 0 Å². The Hall–Kier alpha value is -2.25. The number of nitriles is 1. The topological polar surface area (TPSA) is 55.1 Å². The summed E-state index contributed by atoms with van der Waals surface area (Å²) in [4.78, 5) is 4.24. The summed E-state index contributed by atoms with van der Waals surface area (Å²) in [6.45, 7) is 1.84. The van der Waals surface area contributed by atoms with Crippen molar-refractivity contribution in [2.45, 2.75) is 6.92 Å². The Bertz CT molecular complexity index is 650. The number of rotatable bonds is 3. The van der Waals surface area contributed by atoms with E-state index in [9.17, 15) is 0 Å². The van der Waals surface area contributed by atoms with Crippen molar-refractivity contribution in [1.82, 2.24) is 4.98 Å². The van der Waals surface area contributed by atoms with Crippen LogP contribution in [0.3, 0.4) is 0 Å². The molecule has 19 heavy (non-hydrogen) atoms. The van der Waals surface area contributed by atoms with Gasteiger partial charge >= 0.3 is 0 Å². The van der Waals surface area contributed by atoms with Crippen LogP contribution in [0.25, 0.3) is 0 Å². The van der Waals surface area contributed by atoms with Crippen molar-refractivity contribution < 1.29 is 9.47 Å². The van der Waals surface area contributed by atoms with Gasteiger partial charge in [0, 0.05) is 5.69 Å². The van der Waals surface area contributed by atoms with Gasteiger partial charge in [0.1, 0.15) is 6.07 Å². The maximum absolute atomic E-state index is 9.06. The van der Waals surface area contributed by atoms with E-state index in [1.165, 1.54) is 7.11 Å². The van der Waals surface area contributed by atoms with Crippen LogP contribution in [0.5, 0.6) is 17.4 Å². The summed E-state index contributed by atoms with van der Waals surface area (Å²) >= 11 is 6.05. The fraction of sp³-hybridized carbons (Fsp3) is 0.143. The molecule has 0 aliphatic rings. The zero-order valence-corrected chi connectivity index (χ0v) is 11.2. The lowest BCUT2D eigenvalue weighted by molar-refractivity contribution is 0.368. The molecule has 0 atom stereocenters.